The van der Waals surface area contributed by atoms with Gasteiger partial charge in [-0.15, -0.1) is 0 Å². The minimum Gasteiger partial charge on any atom is -0.497 e. The van der Waals surface area contributed by atoms with Gasteiger partial charge in [-0.3, -0.25) is 9.35 Å². The molecule has 1 aliphatic rings. The lowest BCUT2D eigenvalue weighted by molar-refractivity contribution is -0.129. The number of fused-ring (bicyclic) bond motifs is 1. The Morgan fingerprint density at radius 1 is 1.21 bits per heavy atom. The quantitative estimate of drug-likeness (QED) is 0.546. The van der Waals surface area contributed by atoms with Gasteiger partial charge in [-0.1, -0.05) is 12.1 Å². The van der Waals surface area contributed by atoms with E-state index in [-0.39, 0.29) is 16.8 Å². The van der Waals surface area contributed by atoms with Gasteiger partial charge in [0, 0.05) is 19.3 Å². The SMILES string of the molecule is CN[C@H]1CCN(Cc2ccnc(C#N)c2)C1=O.COc1ccc2ccc(S(=O)(=O)O)cc2c1. The molecule has 1 amide bonds. The Morgan fingerprint density at radius 3 is 2.61 bits per heavy atom. The topological polar surface area (TPSA) is 133 Å². The van der Waals surface area contributed by atoms with Crippen LogP contribution in [-0.2, 0) is 21.5 Å². The fraction of sp³-hybridized carbons (Fsp3) is 0.261. The predicted molar refractivity (Wildman–Crippen MR) is 122 cm³/mol. The normalized spacial score (nSPS) is 15.6. The summed E-state index contributed by atoms with van der Waals surface area (Å²) >= 11 is 0. The van der Waals surface area contributed by atoms with Gasteiger partial charge in [0.15, 0.2) is 0 Å². The number of methoxy groups -OCH3 is 1. The zero-order valence-corrected chi connectivity index (χ0v) is 19.0. The molecule has 1 fully saturated rings. The number of carbonyl (C=O) groups is 1. The summed E-state index contributed by atoms with van der Waals surface area (Å²) in [7, 11) is -0.821. The number of carbonyl (C=O) groups excluding carboxylic acids is 1. The number of likely N-dealkylation sites (tertiary alicyclic amines) is 1. The Morgan fingerprint density at radius 2 is 1.97 bits per heavy atom. The van der Waals surface area contributed by atoms with Gasteiger partial charge in [0.25, 0.3) is 10.1 Å². The number of amides is 1. The van der Waals surface area contributed by atoms with Crippen molar-refractivity contribution < 1.29 is 22.5 Å². The smallest absolute Gasteiger partial charge is 0.294 e. The first-order valence-electron chi connectivity index (χ1n) is 10.1. The molecule has 10 heteroatoms. The third-order valence-electron chi connectivity index (χ3n) is 5.27. The maximum Gasteiger partial charge on any atom is 0.294 e. The van der Waals surface area contributed by atoms with Crippen molar-refractivity contribution in [1.29, 1.82) is 5.26 Å². The van der Waals surface area contributed by atoms with Crippen LogP contribution in [0.5, 0.6) is 5.75 Å². The molecule has 0 bridgehead atoms. The highest BCUT2D eigenvalue weighted by Crippen LogP contribution is 2.23. The first kappa shape index (κ1) is 24.1. The van der Waals surface area contributed by atoms with Gasteiger partial charge in [0.1, 0.15) is 17.5 Å². The van der Waals surface area contributed by atoms with Crippen LogP contribution in [0.4, 0.5) is 0 Å². The molecule has 1 aromatic heterocycles. The Kier molecular flexibility index (Phi) is 7.60. The van der Waals surface area contributed by atoms with E-state index in [0.717, 1.165) is 23.9 Å². The molecule has 0 spiro atoms. The molecular weight excluding hydrogens is 444 g/mol. The zero-order chi connectivity index (χ0) is 24.0. The number of hydrogen-bond acceptors (Lipinski definition) is 7. The van der Waals surface area contributed by atoms with E-state index in [1.165, 1.54) is 19.2 Å². The van der Waals surface area contributed by atoms with Crippen LogP contribution >= 0.6 is 0 Å². The van der Waals surface area contributed by atoms with E-state index in [2.05, 4.69) is 10.3 Å². The van der Waals surface area contributed by atoms with Gasteiger partial charge >= 0.3 is 0 Å². The summed E-state index contributed by atoms with van der Waals surface area (Å²) in [6, 6.07) is 15.2. The van der Waals surface area contributed by atoms with Crippen LogP contribution in [0.15, 0.2) is 59.6 Å². The van der Waals surface area contributed by atoms with Crippen LogP contribution in [0, 0.1) is 11.3 Å². The monoisotopic (exact) mass is 468 g/mol. The number of nitriles is 1. The first-order chi connectivity index (χ1) is 15.7. The molecular formula is C23H24N4O5S. The van der Waals surface area contributed by atoms with Crippen molar-refractivity contribution in [2.24, 2.45) is 0 Å². The lowest BCUT2D eigenvalue weighted by atomic mass is 10.1. The van der Waals surface area contributed by atoms with Gasteiger partial charge < -0.3 is 15.0 Å². The van der Waals surface area contributed by atoms with Crippen LogP contribution < -0.4 is 10.1 Å². The van der Waals surface area contributed by atoms with Crippen molar-refractivity contribution in [3.8, 4) is 11.8 Å². The van der Waals surface area contributed by atoms with Crippen molar-refractivity contribution in [2.45, 2.75) is 23.9 Å². The number of aromatic nitrogens is 1. The number of rotatable bonds is 5. The Hall–Kier alpha value is -3.52. The second kappa shape index (κ2) is 10.4. The van der Waals surface area contributed by atoms with Crippen LogP contribution in [0.25, 0.3) is 10.8 Å². The van der Waals surface area contributed by atoms with Gasteiger partial charge in [0.2, 0.25) is 5.91 Å². The summed E-state index contributed by atoms with van der Waals surface area (Å²) < 4.78 is 35.9. The second-order valence-corrected chi connectivity index (χ2v) is 8.82. The fourth-order valence-electron chi connectivity index (χ4n) is 3.51. The molecule has 1 saturated heterocycles. The van der Waals surface area contributed by atoms with E-state index in [1.807, 2.05) is 18.2 Å². The van der Waals surface area contributed by atoms with Gasteiger partial charge in [0.05, 0.1) is 18.0 Å². The minimum absolute atomic E-state index is 0.0627. The number of nitrogens with one attached hydrogen (secondary N) is 1. The first-order valence-corrected chi connectivity index (χ1v) is 11.6. The molecule has 2 heterocycles. The molecule has 172 valence electrons. The molecule has 4 rings (SSSR count). The van der Waals surface area contributed by atoms with Crippen molar-refractivity contribution in [3.05, 3.63) is 66.0 Å². The van der Waals surface area contributed by atoms with Crippen LogP contribution in [-0.4, -0.2) is 55.5 Å². The highest BCUT2D eigenvalue weighted by atomic mass is 32.2. The summed E-state index contributed by atoms with van der Waals surface area (Å²) in [5, 5.41) is 13.3. The molecule has 33 heavy (non-hydrogen) atoms. The van der Waals surface area contributed by atoms with Crippen molar-refractivity contribution >= 4 is 26.8 Å². The number of pyridine rings is 1. The van der Waals surface area contributed by atoms with Gasteiger partial charge in [-0.05, 0) is 66.2 Å². The minimum atomic E-state index is -4.15. The number of likely N-dealkylation sites (N-methyl/N-ethyl adjacent to an activating group) is 1. The van der Waals surface area contributed by atoms with Crippen molar-refractivity contribution in [2.75, 3.05) is 20.7 Å². The number of nitrogens with zero attached hydrogens (tertiary/aromatic N) is 3. The van der Waals surface area contributed by atoms with Crippen LogP contribution in [0.2, 0.25) is 0 Å². The summed E-state index contributed by atoms with van der Waals surface area (Å²) in [4.78, 5) is 17.5. The molecule has 0 saturated carbocycles. The van der Waals surface area contributed by atoms with Crippen molar-refractivity contribution in [1.82, 2.24) is 15.2 Å². The molecule has 1 atom stereocenters. The molecule has 3 aromatic rings. The third-order valence-corrected chi connectivity index (χ3v) is 6.12. The summed E-state index contributed by atoms with van der Waals surface area (Å²) in [6.07, 6.45) is 2.44. The highest BCUT2D eigenvalue weighted by molar-refractivity contribution is 7.85. The van der Waals surface area contributed by atoms with Crippen LogP contribution in [0.3, 0.4) is 0 Å². The average Bonchev–Trinajstić information content (AvgIpc) is 3.17. The number of ether oxygens (including phenoxy) is 1. The molecule has 0 unspecified atom stereocenters. The number of benzene rings is 2. The second-order valence-electron chi connectivity index (χ2n) is 7.40. The zero-order valence-electron chi connectivity index (χ0n) is 18.2. The number of hydrogen-bond donors (Lipinski definition) is 2. The largest absolute Gasteiger partial charge is 0.497 e. The summed E-state index contributed by atoms with van der Waals surface area (Å²) in [6.45, 7) is 1.31. The van der Waals surface area contributed by atoms with Crippen molar-refractivity contribution in [3.63, 3.8) is 0 Å². The lowest BCUT2D eigenvalue weighted by Crippen LogP contribution is -2.35. The van der Waals surface area contributed by atoms with E-state index in [0.29, 0.717) is 23.4 Å². The molecule has 9 nitrogen and oxygen atoms in total. The standard InChI is InChI=1S/C12H14N4O.C11H10O4S/c1-14-11-3-5-16(12(11)17)8-9-2-4-15-10(6-9)7-13;1-15-10-4-2-8-3-5-11(16(12,13)14)7-9(8)6-10/h2,4,6,11,14H,3,5,8H2,1H3;2-7H,1H3,(H,12,13,14)/t11-;/m0./s1. The van der Waals surface area contributed by atoms with E-state index < -0.39 is 10.1 Å². The van der Waals surface area contributed by atoms with E-state index in [1.54, 1.807) is 42.4 Å². The molecule has 0 radical (unpaired) electrons. The summed E-state index contributed by atoms with van der Waals surface area (Å²) in [5.41, 5.74) is 1.33. The fourth-order valence-corrected chi connectivity index (χ4v) is 4.02. The average molecular weight is 469 g/mol. The Bertz CT molecular complexity index is 1300. The van der Waals surface area contributed by atoms with Gasteiger partial charge in [-0.2, -0.15) is 13.7 Å². The predicted octanol–water partition coefficient (Wildman–Crippen LogP) is 2.37. The Balaban J connectivity index is 0.000000186. The van der Waals surface area contributed by atoms with E-state index in [9.17, 15) is 13.2 Å². The molecule has 0 aliphatic carbocycles. The summed E-state index contributed by atoms with van der Waals surface area (Å²) in [5.74, 6) is 0.766. The highest BCUT2D eigenvalue weighted by Gasteiger charge is 2.29. The molecule has 1 aliphatic heterocycles. The molecule has 2 aromatic carbocycles. The van der Waals surface area contributed by atoms with E-state index >= 15 is 0 Å². The Labute approximate surface area is 192 Å². The lowest BCUT2D eigenvalue weighted by Gasteiger charge is -2.16. The van der Waals surface area contributed by atoms with E-state index in [4.69, 9.17) is 14.6 Å². The third kappa shape index (κ3) is 6.04. The molecule has 2 N–H and O–H groups in total. The van der Waals surface area contributed by atoms with Gasteiger partial charge in [-0.25, -0.2) is 4.98 Å². The van der Waals surface area contributed by atoms with Crippen LogP contribution in [0.1, 0.15) is 17.7 Å². The maximum absolute atomic E-state index is 11.9. The maximum atomic E-state index is 11.9.